The number of nitrogens with zero attached hydrogens (tertiary/aromatic N) is 5. The maximum absolute atomic E-state index is 13.3. The summed E-state index contributed by atoms with van der Waals surface area (Å²) in [5.74, 6) is 0.797. The zero-order chi connectivity index (χ0) is 30.1. The fraction of sp³-hybridized carbons (Fsp3) is 0.393. The Morgan fingerprint density at radius 1 is 0.762 bits per heavy atom. The van der Waals surface area contributed by atoms with Gasteiger partial charge >= 0.3 is 12.4 Å². The summed E-state index contributed by atoms with van der Waals surface area (Å²) in [4.78, 5) is 20.8. The van der Waals surface area contributed by atoms with Gasteiger partial charge < -0.3 is 20.0 Å². The first-order chi connectivity index (χ1) is 19.9. The second kappa shape index (κ2) is 11.6. The number of hydrogen-bond acceptors (Lipinski definition) is 7. The SMILES string of the molecule is O=[N+]([O-])c1ccc(NC2CCN(c3ccnc(N4CCN(c5ccc(C(F)(F)F)cc5)CC4)c3)CC2)cc1C(F)(F)F. The van der Waals surface area contributed by atoms with Crippen molar-refractivity contribution in [3.05, 3.63) is 82.0 Å². The van der Waals surface area contributed by atoms with Crippen molar-refractivity contribution in [1.82, 2.24) is 4.98 Å². The van der Waals surface area contributed by atoms with Crippen molar-refractivity contribution >= 4 is 28.6 Å². The topological polar surface area (TPSA) is 77.8 Å². The molecule has 2 aliphatic rings. The molecule has 0 atom stereocenters. The third-order valence-corrected chi connectivity index (χ3v) is 7.62. The summed E-state index contributed by atoms with van der Waals surface area (Å²) in [5, 5.41) is 14.1. The first-order valence-electron chi connectivity index (χ1n) is 13.4. The minimum Gasteiger partial charge on any atom is -0.382 e. The molecule has 3 heterocycles. The van der Waals surface area contributed by atoms with E-state index in [2.05, 4.69) is 20.1 Å². The predicted molar refractivity (Wildman–Crippen MR) is 147 cm³/mol. The van der Waals surface area contributed by atoms with E-state index in [-0.39, 0.29) is 11.7 Å². The van der Waals surface area contributed by atoms with E-state index in [1.807, 2.05) is 17.0 Å². The van der Waals surface area contributed by atoms with Crippen LogP contribution in [0.1, 0.15) is 24.0 Å². The van der Waals surface area contributed by atoms with Crippen LogP contribution < -0.4 is 20.0 Å². The van der Waals surface area contributed by atoms with Crippen molar-refractivity contribution in [2.24, 2.45) is 0 Å². The van der Waals surface area contributed by atoms with Gasteiger partial charge in [0.2, 0.25) is 0 Å². The molecule has 0 spiro atoms. The second-order valence-corrected chi connectivity index (χ2v) is 10.3. The molecule has 5 rings (SSSR count). The van der Waals surface area contributed by atoms with Crippen LogP contribution in [-0.4, -0.2) is 55.2 Å². The summed E-state index contributed by atoms with van der Waals surface area (Å²) in [7, 11) is 0. The Kier molecular flexibility index (Phi) is 8.06. The van der Waals surface area contributed by atoms with E-state index in [0.717, 1.165) is 41.5 Å². The lowest BCUT2D eigenvalue weighted by Crippen LogP contribution is -2.47. The molecule has 1 aromatic heterocycles. The molecule has 2 aliphatic heterocycles. The van der Waals surface area contributed by atoms with Crippen LogP contribution in [0, 0.1) is 10.1 Å². The molecule has 1 N–H and O–H groups in total. The number of nitro benzene ring substituents is 1. The quantitative estimate of drug-likeness (QED) is 0.200. The van der Waals surface area contributed by atoms with Gasteiger partial charge in [-0.1, -0.05) is 0 Å². The van der Waals surface area contributed by atoms with Crippen LogP contribution in [0.25, 0.3) is 0 Å². The molecule has 2 saturated heterocycles. The molecular formula is C28H28F6N6O2. The highest BCUT2D eigenvalue weighted by molar-refractivity contribution is 5.58. The zero-order valence-electron chi connectivity index (χ0n) is 22.3. The molecule has 0 saturated carbocycles. The molecule has 2 aromatic carbocycles. The standard InChI is InChI=1S/C28H28F6N6O2/c29-27(30,31)19-1-4-22(5-2-19)38-13-15-39(16-14-38)26-18-23(7-10-35-26)37-11-8-20(9-12-37)36-21-3-6-25(40(41)42)24(17-21)28(32,33)34/h1-7,10,17-18,20,36H,8-9,11-16H2. The molecule has 0 aliphatic carbocycles. The van der Waals surface area contributed by atoms with Gasteiger partial charge in [-0.3, -0.25) is 10.1 Å². The van der Waals surface area contributed by atoms with Crippen molar-refractivity contribution in [3.63, 3.8) is 0 Å². The largest absolute Gasteiger partial charge is 0.423 e. The highest BCUT2D eigenvalue weighted by Crippen LogP contribution is 2.38. The van der Waals surface area contributed by atoms with E-state index < -0.39 is 34.1 Å². The Bertz CT molecular complexity index is 1400. The molecule has 0 bridgehead atoms. The van der Waals surface area contributed by atoms with E-state index in [1.165, 1.54) is 18.2 Å². The lowest BCUT2D eigenvalue weighted by molar-refractivity contribution is -0.388. The molecule has 0 unspecified atom stereocenters. The molecule has 2 fully saturated rings. The summed E-state index contributed by atoms with van der Waals surface area (Å²) in [6.45, 7) is 3.88. The van der Waals surface area contributed by atoms with Crippen LogP contribution >= 0.6 is 0 Å². The molecule has 42 heavy (non-hydrogen) atoms. The Hall–Kier alpha value is -4.23. The van der Waals surface area contributed by atoms with Crippen LogP contribution in [0.3, 0.4) is 0 Å². The maximum atomic E-state index is 13.3. The van der Waals surface area contributed by atoms with Gasteiger partial charge in [-0.25, -0.2) is 4.98 Å². The van der Waals surface area contributed by atoms with Gasteiger partial charge in [-0.2, -0.15) is 26.3 Å². The molecular weight excluding hydrogens is 566 g/mol. The van der Waals surface area contributed by atoms with E-state index >= 15 is 0 Å². The number of hydrogen-bond donors (Lipinski definition) is 1. The van der Waals surface area contributed by atoms with Crippen LogP contribution in [-0.2, 0) is 12.4 Å². The van der Waals surface area contributed by atoms with Gasteiger partial charge in [-0.15, -0.1) is 0 Å². The number of benzene rings is 2. The molecule has 0 amide bonds. The van der Waals surface area contributed by atoms with Crippen molar-refractivity contribution in [1.29, 1.82) is 0 Å². The molecule has 14 heteroatoms. The van der Waals surface area contributed by atoms with E-state index in [0.29, 0.717) is 52.1 Å². The average Bonchev–Trinajstić information content (AvgIpc) is 2.97. The number of alkyl halides is 6. The number of aromatic nitrogens is 1. The second-order valence-electron chi connectivity index (χ2n) is 10.3. The van der Waals surface area contributed by atoms with Gasteiger partial charge in [0.25, 0.3) is 5.69 Å². The Labute approximate surface area is 237 Å². The number of rotatable bonds is 6. The third kappa shape index (κ3) is 6.63. The minimum absolute atomic E-state index is 0.0941. The number of anilines is 4. The number of pyridine rings is 1. The van der Waals surface area contributed by atoms with Crippen LogP contribution in [0.4, 0.5) is 54.9 Å². The minimum atomic E-state index is -4.84. The van der Waals surface area contributed by atoms with Gasteiger partial charge in [0, 0.05) is 80.7 Å². The fourth-order valence-corrected chi connectivity index (χ4v) is 5.36. The van der Waals surface area contributed by atoms with Crippen molar-refractivity contribution < 1.29 is 31.3 Å². The first kappa shape index (κ1) is 29.3. The van der Waals surface area contributed by atoms with Crippen LogP contribution in [0.2, 0.25) is 0 Å². The van der Waals surface area contributed by atoms with E-state index in [1.54, 1.807) is 6.20 Å². The first-order valence-corrected chi connectivity index (χ1v) is 13.4. The fourth-order valence-electron chi connectivity index (χ4n) is 5.36. The predicted octanol–water partition coefficient (Wildman–Crippen LogP) is 6.43. The highest BCUT2D eigenvalue weighted by atomic mass is 19.4. The molecule has 224 valence electrons. The van der Waals surface area contributed by atoms with Gasteiger partial charge in [0.1, 0.15) is 11.4 Å². The summed E-state index contributed by atoms with van der Waals surface area (Å²) in [6, 6.07) is 11.9. The summed E-state index contributed by atoms with van der Waals surface area (Å²) in [6.07, 6.45) is -6.17. The smallest absolute Gasteiger partial charge is 0.382 e. The molecule has 8 nitrogen and oxygen atoms in total. The number of halogens is 6. The maximum Gasteiger partial charge on any atom is 0.423 e. The van der Waals surface area contributed by atoms with E-state index in [9.17, 15) is 36.5 Å². The van der Waals surface area contributed by atoms with Crippen LogP contribution in [0.15, 0.2) is 60.8 Å². The van der Waals surface area contributed by atoms with Crippen molar-refractivity contribution in [2.45, 2.75) is 31.2 Å². The molecule has 0 radical (unpaired) electrons. The number of nitro groups is 1. The zero-order valence-corrected chi connectivity index (χ0v) is 22.3. The summed E-state index contributed by atoms with van der Waals surface area (Å²) in [5.41, 5.74) is -1.03. The van der Waals surface area contributed by atoms with E-state index in [4.69, 9.17) is 0 Å². The van der Waals surface area contributed by atoms with Gasteiger partial charge in [0.15, 0.2) is 0 Å². The number of nitrogens with one attached hydrogen (secondary N) is 1. The average molecular weight is 595 g/mol. The van der Waals surface area contributed by atoms with Gasteiger partial charge in [0.05, 0.1) is 10.5 Å². The highest BCUT2D eigenvalue weighted by Gasteiger charge is 2.38. The lowest BCUT2D eigenvalue weighted by atomic mass is 10.0. The van der Waals surface area contributed by atoms with Crippen molar-refractivity contribution in [3.8, 4) is 0 Å². The Morgan fingerprint density at radius 2 is 1.38 bits per heavy atom. The third-order valence-electron chi connectivity index (χ3n) is 7.62. The Morgan fingerprint density at radius 3 is 1.98 bits per heavy atom. The molecule has 3 aromatic rings. The number of piperazine rings is 1. The van der Waals surface area contributed by atoms with Crippen molar-refractivity contribution in [2.75, 3.05) is 59.3 Å². The number of piperidine rings is 1. The Balaban J connectivity index is 1.16. The lowest BCUT2D eigenvalue weighted by Gasteiger charge is -2.38. The summed E-state index contributed by atoms with van der Waals surface area (Å²) < 4.78 is 78.6. The van der Waals surface area contributed by atoms with Gasteiger partial charge in [-0.05, 0) is 55.3 Å². The normalized spacial score (nSPS) is 17.0. The van der Waals surface area contributed by atoms with Crippen LogP contribution in [0.5, 0.6) is 0 Å². The summed E-state index contributed by atoms with van der Waals surface area (Å²) >= 11 is 0. The monoisotopic (exact) mass is 594 g/mol.